The molecule has 6 nitrogen and oxygen atoms in total. The number of nitrogens with zero attached hydrogens (tertiary/aromatic N) is 1. The monoisotopic (exact) mass is 366 g/mol. The number of hydrogen-bond donors (Lipinski definition) is 3. The third-order valence-electron chi connectivity index (χ3n) is 2.68. The van der Waals surface area contributed by atoms with Crippen LogP contribution < -0.4 is 16.0 Å². The van der Waals surface area contributed by atoms with E-state index in [9.17, 15) is 8.42 Å². The van der Waals surface area contributed by atoms with Crippen molar-refractivity contribution < 1.29 is 8.42 Å². The molecule has 0 spiro atoms. The zero-order valence-corrected chi connectivity index (χ0v) is 13.1. The number of hydrazine groups is 1. The zero-order valence-electron chi connectivity index (χ0n) is 10.7. The highest BCUT2D eigenvalue weighted by molar-refractivity contribution is 9.10. The van der Waals surface area contributed by atoms with E-state index in [1.807, 2.05) is 6.07 Å². The molecular formula is C13H11BrN4O2S. The van der Waals surface area contributed by atoms with E-state index >= 15 is 0 Å². The predicted octanol–water partition coefficient (Wildman–Crippen LogP) is 2.41. The van der Waals surface area contributed by atoms with Crippen LogP contribution in [0.15, 0.2) is 51.8 Å². The molecule has 0 fully saturated rings. The van der Waals surface area contributed by atoms with Crippen molar-refractivity contribution in [3.8, 4) is 6.07 Å². The number of hydrogen-bond acceptors (Lipinski definition) is 5. The second-order valence-electron chi connectivity index (χ2n) is 4.08. The molecule has 0 aliphatic rings. The number of rotatable bonds is 4. The van der Waals surface area contributed by atoms with Gasteiger partial charge in [0.05, 0.1) is 16.1 Å². The maximum atomic E-state index is 12.3. The zero-order chi connectivity index (χ0) is 15.5. The number of nitriles is 1. The third-order valence-corrected chi connectivity index (χ3v) is 4.55. The highest BCUT2D eigenvalue weighted by Gasteiger charge is 2.16. The van der Waals surface area contributed by atoms with Crippen LogP contribution in [0.3, 0.4) is 0 Å². The van der Waals surface area contributed by atoms with E-state index in [4.69, 9.17) is 11.1 Å². The van der Waals surface area contributed by atoms with E-state index in [2.05, 4.69) is 26.1 Å². The van der Waals surface area contributed by atoms with Crippen LogP contribution in [-0.4, -0.2) is 8.42 Å². The summed E-state index contributed by atoms with van der Waals surface area (Å²) >= 11 is 3.24. The molecule has 0 bridgehead atoms. The van der Waals surface area contributed by atoms with Gasteiger partial charge in [-0.1, -0.05) is 15.9 Å². The Morgan fingerprint density at radius 1 is 1.14 bits per heavy atom. The molecule has 0 radical (unpaired) electrons. The molecule has 0 unspecified atom stereocenters. The summed E-state index contributed by atoms with van der Waals surface area (Å²) in [6, 6.07) is 12.6. The summed E-state index contributed by atoms with van der Waals surface area (Å²) in [6.07, 6.45) is 0. The molecule has 0 atom stereocenters. The van der Waals surface area contributed by atoms with Crippen molar-refractivity contribution in [2.24, 2.45) is 5.84 Å². The van der Waals surface area contributed by atoms with E-state index in [0.29, 0.717) is 10.2 Å². The van der Waals surface area contributed by atoms with Crippen LogP contribution in [0.5, 0.6) is 0 Å². The Morgan fingerprint density at radius 3 is 2.38 bits per heavy atom. The van der Waals surface area contributed by atoms with Crippen molar-refractivity contribution in [1.29, 1.82) is 5.26 Å². The first-order valence-electron chi connectivity index (χ1n) is 5.75. The van der Waals surface area contributed by atoms with Gasteiger partial charge in [0, 0.05) is 10.2 Å². The Morgan fingerprint density at radius 2 is 1.81 bits per heavy atom. The molecule has 8 heteroatoms. The summed E-state index contributed by atoms with van der Waals surface area (Å²) in [6.45, 7) is 0. The summed E-state index contributed by atoms with van der Waals surface area (Å²) in [4.78, 5) is 0.0744. The van der Waals surface area contributed by atoms with Gasteiger partial charge in [-0.05, 0) is 42.5 Å². The Kier molecular flexibility index (Phi) is 4.47. The van der Waals surface area contributed by atoms with Gasteiger partial charge < -0.3 is 5.43 Å². The Labute approximate surface area is 130 Å². The standard InChI is InChI=1S/C13H11BrN4O2S/c14-10-2-1-9(8-15)13(7-10)18-21(19,20)12-5-3-11(17-16)4-6-12/h1-7,17-18H,16H2. The fourth-order valence-electron chi connectivity index (χ4n) is 1.63. The van der Waals surface area contributed by atoms with Gasteiger partial charge in [0.1, 0.15) is 6.07 Å². The molecule has 0 amide bonds. The lowest BCUT2D eigenvalue weighted by Crippen LogP contribution is -2.14. The van der Waals surface area contributed by atoms with Crippen molar-refractivity contribution in [2.45, 2.75) is 4.90 Å². The molecule has 0 aliphatic carbocycles. The molecule has 0 aromatic heterocycles. The van der Waals surface area contributed by atoms with Crippen LogP contribution in [0.4, 0.5) is 11.4 Å². The van der Waals surface area contributed by atoms with Gasteiger partial charge in [-0.3, -0.25) is 10.6 Å². The Hall–Kier alpha value is -2.08. The maximum Gasteiger partial charge on any atom is 0.261 e. The molecule has 21 heavy (non-hydrogen) atoms. The number of anilines is 2. The number of nitrogen functional groups attached to an aromatic ring is 1. The topological polar surface area (TPSA) is 108 Å². The second kappa shape index (κ2) is 6.13. The Bertz CT molecular complexity index is 798. The molecular weight excluding hydrogens is 356 g/mol. The van der Waals surface area contributed by atoms with Crippen LogP contribution in [0.25, 0.3) is 0 Å². The number of nitrogens with one attached hydrogen (secondary N) is 2. The highest BCUT2D eigenvalue weighted by Crippen LogP contribution is 2.24. The summed E-state index contributed by atoms with van der Waals surface area (Å²) in [7, 11) is -3.78. The van der Waals surface area contributed by atoms with E-state index in [-0.39, 0.29) is 16.1 Å². The van der Waals surface area contributed by atoms with Crippen molar-refractivity contribution in [2.75, 3.05) is 10.1 Å². The molecule has 2 aromatic rings. The van der Waals surface area contributed by atoms with Gasteiger partial charge >= 0.3 is 0 Å². The number of halogens is 1. The van der Waals surface area contributed by atoms with Crippen LogP contribution >= 0.6 is 15.9 Å². The minimum atomic E-state index is -3.78. The normalized spacial score (nSPS) is 10.7. The molecule has 0 heterocycles. The average Bonchev–Trinajstić information content (AvgIpc) is 2.47. The van der Waals surface area contributed by atoms with Crippen molar-refractivity contribution in [3.05, 3.63) is 52.5 Å². The van der Waals surface area contributed by atoms with Gasteiger partial charge in [0.25, 0.3) is 10.0 Å². The smallest absolute Gasteiger partial charge is 0.261 e. The molecule has 2 rings (SSSR count). The fourth-order valence-corrected chi connectivity index (χ4v) is 3.06. The summed E-state index contributed by atoms with van der Waals surface area (Å²) in [5, 5.41) is 9.02. The maximum absolute atomic E-state index is 12.3. The van der Waals surface area contributed by atoms with Gasteiger partial charge in [-0.25, -0.2) is 8.42 Å². The molecule has 0 saturated heterocycles. The second-order valence-corrected chi connectivity index (χ2v) is 6.67. The number of nitrogens with two attached hydrogens (primary N) is 1. The van der Waals surface area contributed by atoms with E-state index in [1.165, 1.54) is 24.3 Å². The van der Waals surface area contributed by atoms with Crippen molar-refractivity contribution in [3.63, 3.8) is 0 Å². The van der Waals surface area contributed by atoms with E-state index in [1.54, 1.807) is 18.2 Å². The lowest BCUT2D eigenvalue weighted by Gasteiger charge is -2.10. The van der Waals surface area contributed by atoms with Crippen LogP contribution in [0, 0.1) is 11.3 Å². The minimum Gasteiger partial charge on any atom is -0.324 e. The average molecular weight is 367 g/mol. The van der Waals surface area contributed by atoms with Gasteiger partial charge in [0.2, 0.25) is 0 Å². The first-order chi connectivity index (χ1) is 9.96. The van der Waals surface area contributed by atoms with Crippen LogP contribution in [0.2, 0.25) is 0 Å². The fraction of sp³-hybridized carbons (Fsp3) is 0. The molecule has 0 aliphatic heterocycles. The lowest BCUT2D eigenvalue weighted by atomic mass is 10.2. The largest absolute Gasteiger partial charge is 0.324 e. The van der Waals surface area contributed by atoms with Gasteiger partial charge in [-0.2, -0.15) is 5.26 Å². The van der Waals surface area contributed by atoms with Gasteiger partial charge in [0.15, 0.2) is 0 Å². The van der Waals surface area contributed by atoms with Gasteiger partial charge in [-0.15, -0.1) is 0 Å². The summed E-state index contributed by atoms with van der Waals surface area (Å²) in [5.41, 5.74) is 3.46. The van der Waals surface area contributed by atoms with E-state index in [0.717, 1.165) is 0 Å². The van der Waals surface area contributed by atoms with Crippen LogP contribution in [-0.2, 0) is 10.0 Å². The first kappa shape index (κ1) is 15.3. The van der Waals surface area contributed by atoms with E-state index < -0.39 is 10.0 Å². The highest BCUT2D eigenvalue weighted by atomic mass is 79.9. The Balaban J connectivity index is 2.37. The first-order valence-corrected chi connectivity index (χ1v) is 8.03. The molecule has 108 valence electrons. The summed E-state index contributed by atoms with van der Waals surface area (Å²) in [5.74, 6) is 5.23. The quantitative estimate of drug-likeness (QED) is 0.568. The van der Waals surface area contributed by atoms with Crippen LogP contribution in [0.1, 0.15) is 5.56 Å². The number of sulfonamides is 1. The molecule has 4 N–H and O–H groups in total. The SMILES string of the molecule is N#Cc1ccc(Br)cc1NS(=O)(=O)c1ccc(NN)cc1. The molecule has 0 saturated carbocycles. The molecule has 2 aromatic carbocycles. The van der Waals surface area contributed by atoms with Crippen molar-refractivity contribution in [1.82, 2.24) is 0 Å². The number of benzene rings is 2. The lowest BCUT2D eigenvalue weighted by molar-refractivity contribution is 0.601. The third kappa shape index (κ3) is 3.52. The predicted molar refractivity (Wildman–Crippen MR) is 83.9 cm³/mol. The summed E-state index contributed by atoms with van der Waals surface area (Å²) < 4.78 is 27.7. The minimum absolute atomic E-state index is 0.0744. The van der Waals surface area contributed by atoms with Crippen molar-refractivity contribution >= 4 is 37.3 Å².